The van der Waals surface area contributed by atoms with Crippen LogP contribution in [0.3, 0.4) is 0 Å². The van der Waals surface area contributed by atoms with E-state index in [-0.39, 0.29) is 18.7 Å². The molecular weight excluding hydrogens is 283 g/mol. The van der Waals surface area contributed by atoms with Crippen LogP contribution in [-0.4, -0.2) is 22.9 Å². The van der Waals surface area contributed by atoms with E-state index in [2.05, 4.69) is 0 Å². The van der Waals surface area contributed by atoms with E-state index in [1.807, 2.05) is 0 Å². The summed E-state index contributed by atoms with van der Waals surface area (Å²) < 4.78 is 39.4. The van der Waals surface area contributed by atoms with Crippen molar-refractivity contribution in [2.75, 3.05) is 0 Å². The van der Waals surface area contributed by atoms with Gasteiger partial charge in [0.15, 0.2) is 0 Å². The predicted molar refractivity (Wildman–Crippen MR) is 70.6 cm³/mol. The molecule has 0 saturated carbocycles. The Morgan fingerprint density at radius 1 is 1.29 bits per heavy atom. The van der Waals surface area contributed by atoms with Gasteiger partial charge in [-0.25, -0.2) is 0 Å². The van der Waals surface area contributed by atoms with Crippen molar-refractivity contribution in [1.29, 1.82) is 0 Å². The molecule has 1 atom stereocenters. The molecule has 6 heteroatoms. The highest BCUT2D eigenvalue weighted by Crippen LogP contribution is 2.39. The van der Waals surface area contributed by atoms with Crippen LogP contribution in [0.1, 0.15) is 46.0 Å². The van der Waals surface area contributed by atoms with Crippen LogP contribution in [-0.2, 0) is 0 Å². The zero-order valence-corrected chi connectivity index (χ0v) is 11.0. The minimum Gasteiger partial charge on any atom is -0.298 e. The van der Waals surface area contributed by atoms with Gasteiger partial charge in [-0.3, -0.25) is 14.2 Å². The molecule has 1 aromatic heterocycles. The fraction of sp³-hybridized carbons (Fsp3) is 0.333. The van der Waals surface area contributed by atoms with Crippen molar-refractivity contribution in [2.45, 2.75) is 31.4 Å². The number of carbonyl (C=O) groups is 2. The topological polar surface area (TPSA) is 39.1 Å². The smallest absolute Gasteiger partial charge is 0.298 e. The summed E-state index contributed by atoms with van der Waals surface area (Å²) in [5.74, 6) is -0.910. The molecule has 1 aliphatic rings. The maximum absolute atomic E-state index is 12.7. The predicted octanol–water partition coefficient (Wildman–Crippen LogP) is 3.92. The molecular formula is C15H12F3NO2. The summed E-state index contributed by atoms with van der Waals surface area (Å²) in [4.78, 5) is 22.8. The number of aromatic nitrogens is 1. The van der Waals surface area contributed by atoms with Gasteiger partial charge < -0.3 is 0 Å². The van der Waals surface area contributed by atoms with E-state index >= 15 is 0 Å². The summed E-state index contributed by atoms with van der Waals surface area (Å²) in [6.45, 7) is 0. The third kappa shape index (κ3) is 2.46. The molecule has 0 amide bonds. The number of hydrogen-bond acceptors (Lipinski definition) is 2. The van der Waals surface area contributed by atoms with Crippen LogP contribution >= 0.6 is 0 Å². The maximum atomic E-state index is 12.7. The van der Waals surface area contributed by atoms with Crippen LogP contribution in [0.4, 0.5) is 13.2 Å². The number of nitrogens with zero attached hydrogens (tertiary/aromatic N) is 1. The Morgan fingerprint density at radius 3 is 2.71 bits per heavy atom. The molecule has 0 saturated heterocycles. The highest BCUT2D eigenvalue weighted by atomic mass is 19.4. The molecule has 0 radical (unpaired) electrons. The lowest BCUT2D eigenvalue weighted by Gasteiger charge is -2.25. The lowest BCUT2D eigenvalue weighted by Crippen LogP contribution is -2.25. The molecule has 3 rings (SSSR count). The lowest BCUT2D eigenvalue weighted by atomic mass is 9.92. The average molecular weight is 295 g/mol. The lowest BCUT2D eigenvalue weighted by molar-refractivity contribution is -0.139. The van der Waals surface area contributed by atoms with Crippen molar-refractivity contribution in [3.05, 3.63) is 35.5 Å². The Morgan fingerprint density at radius 2 is 2.05 bits per heavy atom. The van der Waals surface area contributed by atoms with Crippen molar-refractivity contribution in [3.8, 4) is 0 Å². The molecule has 0 N–H and O–H groups in total. The zero-order chi connectivity index (χ0) is 15.2. The number of aldehydes is 1. The van der Waals surface area contributed by atoms with Gasteiger partial charge in [0.2, 0.25) is 5.91 Å². The van der Waals surface area contributed by atoms with E-state index in [1.165, 1.54) is 4.57 Å². The molecule has 0 fully saturated rings. The number of halogens is 3. The van der Waals surface area contributed by atoms with E-state index in [4.69, 9.17) is 0 Å². The number of alkyl halides is 3. The minimum absolute atomic E-state index is 0.104. The fourth-order valence-electron chi connectivity index (χ4n) is 2.95. The van der Waals surface area contributed by atoms with Gasteiger partial charge in [0, 0.05) is 29.0 Å². The van der Waals surface area contributed by atoms with Gasteiger partial charge >= 0.3 is 6.18 Å². The average Bonchev–Trinajstić information content (AvgIpc) is 2.80. The van der Waals surface area contributed by atoms with Gasteiger partial charge in [-0.1, -0.05) is 0 Å². The summed E-state index contributed by atoms with van der Waals surface area (Å²) in [5.41, 5.74) is 1.39. The third-order valence-corrected chi connectivity index (χ3v) is 3.84. The van der Waals surface area contributed by atoms with Crippen molar-refractivity contribution in [3.63, 3.8) is 0 Å². The summed E-state index contributed by atoms with van der Waals surface area (Å²) in [7, 11) is 0. The van der Waals surface area contributed by atoms with E-state index in [1.54, 1.807) is 24.3 Å². The monoisotopic (exact) mass is 295 g/mol. The second-order valence-corrected chi connectivity index (χ2v) is 5.29. The summed E-state index contributed by atoms with van der Waals surface area (Å²) in [6, 6.07) is 6.35. The van der Waals surface area contributed by atoms with Crippen molar-refractivity contribution < 1.29 is 22.8 Å². The largest absolute Gasteiger partial charge is 0.389 e. The van der Waals surface area contributed by atoms with Gasteiger partial charge in [0.25, 0.3) is 0 Å². The number of fused-ring (bicyclic) bond motifs is 3. The molecule has 1 aromatic carbocycles. The fourth-order valence-corrected chi connectivity index (χ4v) is 2.95. The Balaban J connectivity index is 2.14. The molecule has 21 heavy (non-hydrogen) atoms. The number of carbonyl (C=O) groups excluding carboxylic acids is 2. The second kappa shape index (κ2) is 4.72. The van der Waals surface area contributed by atoms with Crippen LogP contribution in [0.2, 0.25) is 0 Å². The molecule has 3 nitrogen and oxygen atoms in total. The van der Waals surface area contributed by atoms with Crippen molar-refractivity contribution in [1.82, 2.24) is 4.57 Å². The molecule has 0 aliphatic carbocycles. The van der Waals surface area contributed by atoms with Crippen molar-refractivity contribution >= 4 is 23.1 Å². The number of rotatable bonds is 2. The van der Waals surface area contributed by atoms with Crippen LogP contribution in [0.25, 0.3) is 10.9 Å². The highest BCUT2D eigenvalue weighted by Gasteiger charge is 2.37. The van der Waals surface area contributed by atoms with Gasteiger partial charge in [-0.05, 0) is 30.7 Å². The summed E-state index contributed by atoms with van der Waals surface area (Å²) in [5, 5.41) is 0.622. The highest BCUT2D eigenvalue weighted by molar-refractivity contribution is 5.96. The molecule has 1 aliphatic heterocycles. The van der Waals surface area contributed by atoms with E-state index < -0.39 is 18.5 Å². The molecule has 1 unspecified atom stereocenters. The van der Waals surface area contributed by atoms with Crippen LogP contribution in [0, 0.1) is 0 Å². The normalized spacial score (nSPS) is 18.8. The summed E-state index contributed by atoms with van der Waals surface area (Å²) in [6.07, 6.45) is -4.22. The van der Waals surface area contributed by atoms with Gasteiger partial charge in [-0.2, -0.15) is 13.2 Å². The SMILES string of the molecule is O=Cc1ccc2c(c1)cc1n2C(=O)CCC1CC(F)(F)F. The first-order valence-corrected chi connectivity index (χ1v) is 6.59. The number of hydrogen-bond donors (Lipinski definition) is 0. The van der Waals surface area contributed by atoms with E-state index in [0.29, 0.717) is 28.4 Å². The first-order valence-electron chi connectivity index (χ1n) is 6.59. The van der Waals surface area contributed by atoms with Gasteiger partial charge in [0.05, 0.1) is 11.9 Å². The van der Waals surface area contributed by atoms with Gasteiger partial charge in [-0.15, -0.1) is 0 Å². The first-order chi connectivity index (χ1) is 9.89. The minimum atomic E-state index is -4.26. The first kappa shape index (κ1) is 13.9. The quantitative estimate of drug-likeness (QED) is 0.788. The van der Waals surface area contributed by atoms with Crippen LogP contribution in [0.15, 0.2) is 24.3 Å². The Kier molecular flexibility index (Phi) is 3.11. The molecule has 0 bridgehead atoms. The van der Waals surface area contributed by atoms with Crippen LogP contribution in [0.5, 0.6) is 0 Å². The maximum Gasteiger partial charge on any atom is 0.389 e. The Hall–Kier alpha value is -2.11. The van der Waals surface area contributed by atoms with E-state index in [0.717, 1.165) is 0 Å². The molecule has 0 spiro atoms. The Bertz CT molecular complexity index is 730. The molecule has 2 aromatic rings. The Labute approximate surface area is 118 Å². The standard InChI is InChI=1S/C15H12F3NO2/c16-15(17,18)7-10-2-4-14(21)19-12-3-1-9(8-20)5-11(12)6-13(10)19/h1,3,5-6,8,10H,2,4,7H2. The third-order valence-electron chi connectivity index (χ3n) is 3.84. The van der Waals surface area contributed by atoms with Gasteiger partial charge in [0.1, 0.15) is 6.29 Å². The van der Waals surface area contributed by atoms with E-state index in [9.17, 15) is 22.8 Å². The number of benzene rings is 1. The van der Waals surface area contributed by atoms with Crippen molar-refractivity contribution in [2.24, 2.45) is 0 Å². The second-order valence-electron chi connectivity index (χ2n) is 5.29. The summed E-state index contributed by atoms with van der Waals surface area (Å²) >= 11 is 0. The molecule has 2 heterocycles. The zero-order valence-electron chi connectivity index (χ0n) is 11.0. The van der Waals surface area contributed by atoms with Crippen LogP contribution < -0.4 is 0 Å². The molecule has 110 valence electrons.